The van der Waals surface area contributed by atoms with Crippen molar-refractivity contribution in [2.45, 2.75) is 45.3 Å². The molecule has 1 unspecified atom stereocenters. The second-order valence-corrected chi connectivity index (χ2v) is 9.59. The number of likely N-dealkylation sites (tertiary alicyclic amines) is 1. The number of carbonyl (C=O) groups excluding carboxylic acids is 2. The van der Waals surface area contributed by atoms with E-state index in [2.05, 4.69) is 20.3 Å². The number of carbonyl (C=O) groups is 2. The van der Waals surface area contributed by atoms with E-state index in [0.29, 0.717) is 65.0 Å². The predicted octanol–water partition coefficient (Wildman–Crippen LogP) is 2.44. The first-order valence-corrected chi connectivity index (χ1v) is 12.2. The molecule has 190 valence electrons. The molecule has 10 heteroatoms. The van der Waals surface area contributed by atoms with E-state index in [1.54, 1.807) is 12.0 Å². The average Bonchev–Trinajstić information content (AvgIpc) is 3.63. The van der Waals surface area contributed by atoms with Crippen LogP contribution in [0.25, 0.3) is 22.3 Å². The number of hydrogen-bond acceptors (Lipinski definition) is 7. The van der Waals surface area contributed by atoms with Crippen LogP contribution in [-0.4, -0.2) is 75.7 Å². The van der Waals surface area contributed by atoms with Gasteiger partial charge in [-0.2, -0.15) is 0 Å². The van der Waals surface area contributed by atoms with E-state index in [4.69, 9.17) is 9.47 Å². The lowest BCUT2D eigenvalue weighted by molar-refractivity contribution is -0.132. The lowest BCUT2D eigenvalue weighted by Crippen LogP contribution is -2.55. The van der Waals surface area contributed by atoms with Crippen molar-refractivity contribution in [3.8, 4) is 22.8 Å². The third-order valence-electron chi connectivity index (χ3n) is 6.96. The molecule has 0 radical (unpaired) electrons. The Morgan fingerprint density at radius 3 is 2.75 bits per heavy atom. The van der Waals surface area contributed by atoms with Crippen LogP contribution in [0.4, 0.5) is 0 Å². The maximum absolute atomic E-state index is 13.3. The van der Waals surface area contributed by atoms with Gasteiger partial charge in [0.2, 0.25) is 5.91 Å². The van der Waals surface area contributed by atoms with E-state index >= 15 is 0 Å². The van der Waals surface area contributed by atoms with Crippen molar-refractivity contribution in [2.75, 3.05) is 26.8 Å². The van der Waals surface area contributed by atoms with Crippen molar-refractivity contribution in [3.63, 3.8) is 0 Å². The van der Waals surface area contributed by atoms with E-state index in [-0.39, 0.29) is 18.4 Å². The van der Waals surface area contributed by atoms with Crippen molar-refractivity contribution in [1.29, 1.82) is 0 Å². The molecule has 3 heterocycles. The van der Waals surface area contributed by atoms with Crippen LogP contribution in [-0.2, 0) is 4.79 Å². The van der Waals surface area contributed by atoms with Gasteiger partial charge in [-0.3, -0.25) is 9.59 Å². The van der Waals surface area contributed by atoms with E-state index in [1.165, 1.54) is 26.1 Å². The number of nitrogens with one attached hydrogen (secondary N) is 2. The second-order valence-electron chi connectivity index (χ2n) is 9.59. The van der Waals surface area contributed by atoms with Crippen LogP contribution in [0.3, 0.4) is 0 Å². The van der Waals surface area contributed by atoms with Gasteiger partial charge < -0.3 is 29.8 Å². The van der Waals surface area contributed by atoms with Crippen molar-refractivity contribution in [3.05, 3.63) is 35.8 Å². The number of aryl methyl sites for hydroxylation is 1. The highest BCUT2D eigenvalue weighted by Gasteiger charge is 2.32. The average molecular weight is 494 g/mol. The number of H-pyrrole nitrogens is 1. The fourth-order valence-electron chi connectivity index (χ4n) is 4.67. The summed E-state index contributed by atoms with van der Waals surface area (Å²) < 4.78 is 11.6. The summed E-state index contributed by atoms with van der Waals surface area (Å²) in [7, 11) is 1.61. The fourth-order valence-corrected chi connectivity index (χ4v) is 4.67. The molecule has 10 nitrogen and oxygen atoms in total. The molecule has 36 heavy (non-hydrogen) atoms. The van der Waals surface area contributed by atoms with E-state index in [1.807, 2.05) is 25.1 Å². The van der Waals surface area contributed by atoms with E-state index < -0.39 is 12.1 Å². The predicted molar refractivity (Wildman–Crippen MR) is 133 cm³/mol. The molecular formula is C26H31N5O5. The summed E-state index contributed by atoms with van der Waals surface area (Å²) in [4.78, 5) is 38.8. The number of aromatic nitrogens is 3. The maximum Gasteiger partial charge on any atom is 0.255 e. The zero-order chi connectivity index (χ0) is 25.4. The summed E-state index contributed by atoms with van der Waals surface area (Å²) in [5.41, 5.74) is 3.52. The van der Waals surface area contributed by atoms with Crippen LogP contribution in [0.15, 0.2) is 24.5 Å². The molecular weight excluding hydrogens is 462 g/mol. The number of methoxy groups -OCH3 is 1. The Labute approximate surface area is 209 Å². The molecule has 1 aliphatic carbocycles. The van der Waals surface area contributed by atoms with Gasteiger partial charge >= 0.3 is 0 Å². The SMILES string of the molecule is COc1ccc(OCC2CC2)c(-c2ncnc3c(C(=O)NC4CCN(C(C)=O)C[C@H]4O)c(C)[nH]c23)c1. The second kappa shape index (κ2) is 9.77. The van der Waals surface area contributed by atoms with Crippen molar-refractivity contribution in [1.82, 2.24) is 25.2 Å². The molecule has 2 fully saturated rings. The zero-order valence-corrected chi connectivity index (χ0v) is 20.7. The largest absolute Gasteiger partial charge is 0.497 e. The van der Waals surface area contributed by atoms with Gasteiger partial charge in [0.1, 0.15) is 29.0 Å². The number of aliphatic hydroxyl groups is 1. The summed E-state index contributed by atoms with van der Waals surface area (Å²) in [6.45, 7) is 4.61. The topological polar surface area (TPSA) is 130 Å². The number of ether oxygens (including phenoxy) is 2. The molecule has 2 atom stereocenters. The van der Waals surface area contributed by atoms with Crippen molar-refractivity contribution >= 4 is 22.8 Å². The number of fused-ring (bicyclic) bond motifs is 1. The number of nitrogens with zero attached hydrogens (tertiary/aromatic N) is 3. The van der Waals surface area contributed by atoms with Gasteiger partial charge in [-0.1, -0.05) is 0 Å². The molecule has 3 N–H and O–H groups in total. The summed E-state index contributed by atoms with van der Waals surface area (Å²) in [6.07, 6.45) is 3.43. The standard InChI is InChI=1S/C26H31N5O5/c1-14-22(26(34)30-19-8-9-31(15(2)32)11-20(19)33)24-25(29-14)23(27-13-28-24)18-10-17(35-3)6-7-21(18)36-12-16-4-5-16/h6-7,10,13,16,19-20,29,33H,4-5,8-9,11-12H2,1-3H3,(H,30,34)/t19?,20-/m1/s1. The lowest BCUT2D eigenvalue weighted by atomic mass is 10.0. The Morgan fingerprint density at radius 2 is 2.06 bits per heavy atom. The first-order valence-electron chi connectivity index (χ1n) is 12.2. The van der Waals surface area contributed by atoms with Crippen LogP contribution >= 0.6 is 0 Å². The molecule has 2 amide bonds. The molecule has 1 saturated heterocycles. The number of benzene rings is 1. The maximum atomic E-state index is 13.3. The molecule has 0 spiro atoms. The summed E-state index contributed by atoms with van der Waals surface area (Å²) in [6, 6.07) is 5.15. The highest BCUT2D eigenvalue weighted by Crippen LogP contribution is 2.38. The third kappa shape index (κ3) is 4.73. The molecule has 0 bridgehead atoms. The van der Waals surface area contributed by atoms with Gasteiger partial charge in [0.15, 0.2) is 0 Å². The number of amides is 2. The number of piperidine rings is 1. The monoisotopic (exact) mass is 493 g/mol. The first-order chi connectivity index (χ1) is 17.4. The molecule has 3 aromatic rings. The summed E-state index contributed by atoms with van der Waals surface area (Å²) in [5, 5.41) is 13.5. The molecule has 1 aromatic carbocycles. The Kier molecular flexibility index (Phi) is 6.53. The van der Waals surface area contributed by atoms with Crippen molar-refractivity contribution < 1.29 is 24.2 Å². The van der Waals surface area contributed by atoms with E-state index in [0.717, 1.165) is 5.56 Å². The van der Waals surface area contributed by atoms with Gasteiger partial charge in [0.05, 0.1) is 36.9 Å². The van der Waals surface area contributed by atoms with Crippen LogP contribution in [0.2, 0.25) is 0 Å². The number of rotatable bonds is 7. The minimum absolute atomic E-state index is 0.0893. The third-order valence-corrected chi connectivity index (χ3v) is 6.96. The molecule has 2 aliphatic rings. The van der Waals surface area contributed by atoms with Gasteiger partial charge in [-0.05, 0) is 50.3 Å². The van der Waals surface area contributed by atoms with Gasteiger partial charge in [-0.25, -0.2) is 9.97 Å². The Morgan fingerprint density at radius 1 is 1.25 bits per heavy atom. The minimum atomic E-state index is -0.842. The number of aliphatic hydroxyl groups excluding tert-OH is 1. The molecule has 1 saturated carbocycles. The molecule has 1 aliphatic heterocycles. The smallest absolute Gasteiger partial charge is 0.255 e. The van der Waals surface area contributed by atoms with Gasteiger partial charge in [-0.15, -0.1) is 0 Å². The van der Waals surface area contributed by atoms with E-state index in [9.17, 15) is 14.7 Å². The number of β-amino-alcohol motifs (C(OH)–C–C–N with tert-alkyl or cyclic N) is 1. The Bertz CT molecular complexity index is 1300. The zero-order valence-electron chi connectivity index (χ0n) is 20.7. The molecule has 2 aromatic heterocycles. The Balaban J connectivity index is 1.46. The van der Waals surface area contributed by atoms with Crippen molar-refractivity contribution in [2.24, 2.45) is 5.92 Å². The van der Waals surface area contributed by atoms with Crippen LogP contribution < -0.4 is 14.8 Å². The summed E-state index contributed by atoms with van der Waals surface area (Å²) >= 11 is 0. The lowest BCUT2D eigenvalue weighted by Gasteiger charge is -2.35. The number of aromatic amines is 1. The van der Waals surface area contributed by atoms with Crippen LogP contribution in [0.1, 0.15) is 42.2 Å². The normalized spacial score (nSPS) is 19.8. The van der Waals surface area contributed by atoms with Gasteiger partial charge in [0.25, 0.3) is 5.91 Å². The highest BCUT2D eigenvalue weighted by atomic mass is 16.5. The van der Waals surface area contributed by atoms with Crippen LogP contribution in [0.5, 0.6) is 11.5 Å². The minimum Gasteiger partial charge on any atom is -0.497 e. The quantitative estimate of drug-likeness (QED) is 0.461. The first kappa shape index (κ1) is 24.1. The fraction of sp³-hybridized carbons (Fsp3) is 0.462. The number of hydrogen-bond donors (Lipinski definition) is 3. The van der Waals surface area contributed by atoms with Gasteiger partial charge in [0, 0.05) is 31.3 Å². The summed E-state index contributed by atoms with van der Waals surface area (Å²) in [5.74, 6) is 1.53. The Hall–Kier alpha value is -3.66. The highest BCUT2D eigenvalue weighted by molar-refractivity contribution is 6.09. The van der Waals surface area contributed by atoms with Crippen LogP contribution in [0, 0.1) is 12.8 Å². The molecule has 5 rings (SSSR count).